The first kappa shape index (κ1) is 24.0. The van der Waals surface area contributed by atoms with Gasteiger partial charge in [0.25, 0.3) is 0 Å². The maximum Gasteiger partial charge on any atom is 0.160 e. The predicted molar refractivity (Wildman–Crippen MR) is 142 cm³/mol. The van der Waals surface area contributed by atoms with Gasteiger partial charge in [-0.1, -0.05) is 84.1 Å². The average Bonchev–Trinajstić information content (AvgIpc) is 3.28. The van der Waals surface area contributed by atoms with Gasteiger partial charge in [-0.15, -0.1) is 0 Å². The van der Waals surface area contributed by atoms with Crippen LogP contribution in [0.2, 0.25) is 0 Å². The molecule has 3 atom stereocenters. The predicted octanol–water partition coefficient (Wildman–Crippen LogP) is 6.23. The number of methoxy groups -OCH3 is 1. The maximum absolute atomic E-state index is 11.0. The molecule has 1 aromatic carbocycles. The second-order valence-corrected chi connectivity index (χ2v) is 9.28. The van der Waals surface area contributed by atoms with Crippen LogP contribution in [-0.2, 0) is 11.3 Å². The monoisotopic (exact) mass is 481 g/mol. The highest BCUT2D eigenvalue weighted by atomic mass is 16.5. The van der Waals surface area contributed by atoms with Gasteiger partial charge in [-0.05, 0) is 42.2 Å². The summed E-state index contributed by atoms with van der Waals surface area (Å²) in [5.41, 5.74) is 4.14. The second kappa shape index (κ2) is 10.9. The van der Waals surface area contributed by atoms with E-state index < -0.39 is 6.10 Å². The van der Waals surface area contributed by atoms with Crippen LogP contribution >= 0.6 is 0 Å². The van der Waals surface area contributed by atoms with Crippen LogP contribution in [0.4, 0.5) is 0 Å². The molecule has 0 saturated heterocycles. The molecule has 0 saturated carbocycles. The van der Waals surface area contributed by atoms with Gasteiger partial charge in [-0.2, -0.15) is 0 Å². The number of hydrogen-bond donors (Lipinski definition) is 1. The summed E-state index contributed by atoms with van der Waals surface area (Å²) in [7, 11) is 1.62. The molecule has 2 aromatic rings. The molecule has 3 aliphatic rings. The van der Waals surface area contributed by atoms with Crippen molar-refractivity contribution in [2.45, 2.75) is 25.6 Å². The van der Waals surface area contributed by atoms with Crippen LogP contribution in [0, 0.1) is 11.3 Å². The summed E-state index contributed by atoms with van der Waals surface area (Å²) in [6.07, 6.45) is 26.5. The lowest BCUT2D eigenvalue weighted by atomic mass is 9.64. The first-order chi connectivity index (χ1) is 17.7. The largest absolute Gasteiger partial charge is 0.490 e. The second-order valence-electron chi connectivity index (χ2n) is 9.28. The molecule has 1 aromatic heterocycles. The van der Waals surface area contributed by atoms with E-state index in [1.54, 1.807) is 7.11 Å². The molecule has 1 spiro atoms. The first-order valence-electron chi connectivity index (χ1n) is 12.3. The normalized spacial score (nSPS) is 23.1. The highest BCUT2D eigenvalue weighted by Gasteiger charge is 2.39. The van der Waals surface area contributed by atoms with Crippen molar-refractivity contribution >= 4 is 12.2 Å². The summed E-state index contributed by atoms with van der Waals surface area (Å²) < 4.78 is 16.5. The zero-order chi connectivity index (χ0) is 24.8. The van der Waals surface area contributed by atoms with Crippen molar-refractivity contribution in [3.05, 3.63) is 119 Å². The van der Waals surface area contributed by atoms with Gasteiger partial charge < -0.3 is 19.1 Å². The molecule has 0 radical (unpaired) electrons. The van der Waals surface area contributed by atoms with Gasteiger partial charge in [-0.3, -0.25) is 0 Å². The van der Waals surface area contributed by atoms with Crippen LogP contribution < -0.4 is 4.74 Å². The standard InChI is InChI=1S/C31H31NO4/c1-34-21-26-20-28(36-32-26)16-15-23-9-2-3-14-30(23)35-22-27(33)19-24-10-8-12-25-11-4-6-17-31(25)18-7-5-13-29(24)31/h2-17,20,24,27,33H,18-19,21-22H2,1H3. The smallest absolute Gasteiger partial charge is 0.160 e. The van der Waals surface area contributed by atoms with Crippen molar-refractivity contribution in [1.82, 2.24) is 5.16 Å². The van der Waals surface area contributed by atoms with Gasteiger partial charge in [0.1, 0.15) is 18.1 Å². The fraction of sp³-hybridized carbons (Fsp3) is 0.258. The Hall–Kier alpha value is -3.67. The number of allylic oxidation sites excluding steroid dienone is 12. The fourth-order valence-corrected chi connectivity index (χ4v) is 5.12. The number of aliphatic hydroxyl groups excluding tert-OH is 1. The minimum atomic E-state index is -0.615. The van der Waals surface area contributed by atoms with E-state index in [0.29, 0.717) is 24.5 Å². The van der Waals surface area contributed by atoms with E-state index in [-0.39, 0.29) is 17.9 Å². The van der Waals surface area contributed by atoms with E-state index in [9.17, 15) is 5.11 Å². The highest BCUT2D eigenvalue weighted by molar-refractivity contribution is 5.70. The zero-order valence-corrected chi connectivity index (χ0v) is 20.4. The highest BCUT2D eigenvalue weighted by Crippen LogP contribution is 2.50. The third-order valence-electron chi connectivity index (χ3n) is 6.84. The first-order valence-corrected chi connectivity index (χ1v) is 12.3. The minimum Gasteiger partial charge on any atom is -0.490 e. The maximum atomic E-state index is 11.0. The van der Waals surface area contributed by atoms with Crippen molar-refractivity contribution in [3.8, 4) is 5.75 Å². The molecule has 1 heterocycles. The summed E-state index contributed by atoms with van der Waals surface area (Å²) in [5.74, 6) is 1.48. The number of aromatic nitrogens is 1. The summed E-state index contributed by atoms with van der Waals surface area (Å²) in [6.45, 7) is 0.616. The van der Waals surface area contributed by atoms with E-state index in [4.69, 9.17) is 14.0 Å². The molecule has 0 bridgehead atoms. The van der Waals surface area contributed by atoms with Gasteiger partial charge in [0.15, 0.2) is 5.76 Å². The Morgan fingerprint density at radius 1 is 1.17 bits per heavy atom. The lowest BCUT2D eigenvalue weighted by Gasteiger charge is -2.39. The molecular weight excluding hydrogens is 450 g/mol. The van der Waals surface area contributed by atoms with Crippen molar-refractivity contribution in [2.24, 2.45) is 11.3 Å². The van der Waals surface area contributed by atoms with Gasteiger partial charge in [-0.25, -0.2) is 0 Å². The molecule has 5 heteroatoms. The Bertz CT molecular complexity index is 1290. The Morgan fingerprint density at radius 2 is 2.08 bits per heavy atom. The SMILES string of the molecule is COCc1cc(C=Cc2ccccc2OCC(O)CC2C=CC=C3C=CC=CC34CC=CC=C24)on1. The molecule has 184 valence electrons. The molecular formula is C31H31NO4. The lowest BCUT2D eigenvalue weighted by Crippen LogP contribution is -2.31. The average molecular weight is 482 g/mol. The van der Waals surface area contributed by atoms with Gasteiger partial charge in [0, 0.05) is 30.1 Å². The number of aliphatic hydroxyl groups is 1. The molecule has 5 nitrogen and oxygen atoms in total. The third-order valence-corrected chi connectivity index (χ3v) is 6.84. The summed E-state index contributed by atoms with van der Waals surface area (Å²) >= 11 is 0. The molecule has 5 rings (SSSR count). The molecule has 0 fully saturated rings. The topological polar surface area (TPSA) is 64.7 Å². The van der Waals surface area contributed by atoms with Crippen LogP contribution in [0.1, 0.15) is 29.9 Å². The third kappa shape index (κ3) is 5.13. The Kier molecular flexibility index (Phi) is 7.31. The van der Waals surface area contributed by atoms with Crippen molar-refractivity contribution in [1.29, 1.82) is 0 Å². The van der Waals surface area contributed by atoms with Crippen LogP contribution in [0.3, 0.4) is 0 Å². The number of para-hydroxylation sites is 1. The number of rotatable bonds is 9. The van der Waals surface area contributed by atoms with Crippen LogP contribution in [-0.4, -0.2) is 30.1 Å². The lowest BCUT2D eigenvalue weighted by molar-refractivity contribution is 0.0922. The summed E-state index contributed by atoms with van der Waals surface area (Å²) in [6, 6.07) is 9.60. The van der Waals surface area contributed by atoms with Gasteiger partial charge in [0.2, 0.25) is 0 Å². The number of benzene rings is 1. The van der Waals surface area contributed by atoms with E-state index in [2.05, 4.69) is 65.9 Å². The van der Waals surface area contributed by atoms with Gasteiger partial charge >= 0.3 is 0 Å². The molecule has 0 aliphatic heterocycles. The minimum absolute atomic E-state index is 0.126. The van der Waals surface area contributed by atoms with Crippen molar-refractivity contribution in [3.63, 3.8) is 0 Å². The van der Waals surface area contributed by atoms with E-state index in [1.165, 1.54) is 11.1 Å². The number of nitrogens with zero attached hydrogens (tertiary/aromatic N) is 1. The van der Waals surface area contributed by atoms with Crippen molar-refractivity contribution in [2.75, 3.05) is 13.7 Å². The van der Waals surface area contributed by atoms with Crippen LogP contribution in [0.25, 0.3) is 12.2 Å². The Balaban J connectivity index is 1.25. The Labute approximate surface area is 212 Å². The number of hydrogen-bond acceptors (Lipinski definition) is 5. The molecule has 36 heavy (non-hydrogen) atoms. The van der Waals surface area contributed by atoms with Crippen LogP contribution in [0.5, 0.6) is 5.75 Å². The van der Waals surface area contributed by atoms with Crippen molar-refractivity contribution < 1.29 is 19.1 Å². The molecule has 3 aliphatic carbocycles. The van der Waals surface area contributed by atoms with E-state index in [1.807, 2.05) is 42.5 Å². The van der Waals surface area contributed by atoms with Gasteiger partial charge in [0.05, 0.1) is 12.7 Å². The number of ether oxygens (including phenoxy) is 2. The molecule has 1 N–H and O–H groups in total. The Morgan fingerprint density at radius 3 is 3.00 bits per heavy atom. The quantitative estimate of drug-likeness (QED) is 0.460. The van der Waals surface area contributed by atoms with E-state index in [0.717, 1.165) is 17.7 Å². The van der Waals surface area contributed by atoms with E-state index >= 15 is 0 Å². The molecule has 0 amide bonds. The summed E-state index contributed by atoms with van der Waals surface area (Å²) in [5, 5.41) is 15.0. The molecule has 3 unspecified atom stereocenters. The van der Waals surface area contributed by atoms with Crippen LogP contribution in [0.15, 0.2) is 107 Å². The summed E-state index contributed by atoms with van der Waals surface area (Å²) in [4.78, 5) is 0. The zero-order valence-electron chi connectivity index (χ0n) is 20.4. The fourth-order valence-electron chi connectivity index (χ4n) is 5.12.